The van der Waals surface area contributed by atoms with Crippen molar-refractivity contribution < 1.29 is 0 Å². The maximum atomic E-state index is 4.27. The zero-order valence-corrected chi connectivity index (χ0v) is 10.4. The molecule has 0 aliphatic heterocycles. The summed E-state index contributed by atoms with van der Waals surface area (Å²) in [6.07, 6.45) is 1.78. The lowest BCUT2D eigenvalue weighted by Gasteiger charge is -2.05. The molecule has 2 heterocycles. The second kappa shape index (κ2) is 5.03. The van der Waals surface area contributed by atoms with Crippen LogP contribution in [0.15, 0.2) is 35.1 Å². The van der Waals surface area contributed by atoms with Gasteiger partial charge in [-0.3, -0.25) is 4.98 Å². The Morgan fingerprint density at radius 3 is 2.88 bits per heavy atom. The molecular formula is C11H11BrN4. The molecule has 0 saturated heterocycles. The van der Waals surface area contributed by atoms with Crippen LogP contribution in [0.3, 0.4) is 0 Å². The number of pyridine rings is 1. The summed E-state index contributed by atoms with van der Waals surface area (Å²) in [5.41, 5.74) is 0.981. The highest BCUT2D eigenvalue weighted by Crippen LogP contribution is 2.12. The molecule has 0 aromatic carbocycles. The molecule has 0 fully saturated rings. The van der Waals surface area contributed by atoms with Crippen LogP contribution < -0.4 is 5.32 Å². The summed E-state index contributed by atoms with van der Waals surface area (Å²) < 4.78 is 0.781. The van der Waals surface area contributed by atoms with Crippen LogP contribution in [0.25, 0.3) is 0 Å². The van der Waals surface area contributed by atoms with E-state index in [0.29, 0.717) is 6.54 Å². The van der Waals surface area contributed by atoms with Gasteiger partial charge in [0.15, 0.2) is 0 Å². The van der Waals surface area contributed by atoms with E-state index in [1.807, 2.05) is 31.2 Å². The fourth-order valence-corrected chi connectivity index (χ4v) is 1.78. The number of rotatable bonds is 3. The molecule has 0 spiro atoms. The number of halogens is 1. The summed E-state index contributed by atoms with van der Waals surface area (Å²) in [4.78, 5) is 12.6. The van der Waals surface area contributed by atoms with Gasteiger partial charge in [0.2, 0.25) is 0 Å². The molecule has 0 saturated carbocycles. The molecule has 2 rings (SSSR count). The number of nitrogens with one attached hydrogen (secondary N) is 1. The predicted molar refractivity (Wildman–Crippen MR) is 66.0 cm³/mol. The smallest absolute Gasteiger partial charge is 0.131 e. The SMILES string of the molecule is Cc1nc(Br)cc(NCc2ccccn2)n1. The van der Waals surface area contributed by atoms with Crippen molar-refractivity contribution in [3.63, 3.8) is 0 Å². The van der Waals surface area contributed by atoms with Crippen LogP contribution in [0.4, 0.5) is 5.82 Å². The first-order chi connectivity index (χ1) is 7.74. The third-order valence-electron chi connectivity index (χ3n) is 1.98. The molecule has 0 bridgehead atoms. The molecule has 2 aromatic heterocycles. The number of anilines is 1. The molecule has 0 atom stereocenters. The molecule has 4 nitrogen and oxygen atoms in total. The van der Waals surface area contributed by atoms with Crippen LogP contribution in [0.5, 0.6) is 0 Å². The zero-order chi connectivity index (χ0) is 11.4. The molecule has 82 valence electrons. The molecule has 16 heavy (non-hydrogen) atoms. The number of hydrogen-bond acceptors (Lipinski definition) is 4. The summed E-state index contributed by atoms with van der Waals surface area (Å²) in [6.45, 7) is 2.51. The Bertz CT molecular complexity index is 452. The largest absolute Gasteiger partial charge is 0.364 e. The molecule has 5 heteroatoms. The zero-order valence-electron chi connectivity index (χ0n) is 8.81. The van der Waals surface area contributed by atoms with Crippen molar-refractivity contribution in [1.29, 1.82) is 0 Å². The van der Waals surface area contributed by atoms with E-state index in [1.54, 1.807) is 6.20 Å². The molecule has 0 radical (unpaired) electrons. The highest BCUT2D eigenvalue weighted by atomic mass is 79.9. The summed E-state index contributed by atoms with van der Waals surface area (Å²) in [5.74, 6) is 1.53. The number of aromatic nitrogens is 3. The van der Waals surface area contributed by atoms with Gasteiger partial charge < -0.3 is 5.32 Å². The van der Waals surface area contributed by atoms with Crippen LogP contribution in [-0.4, -0.2) is 15.0 Å². The van der Waals surface area contributed by atoms with E-state index in [9.17, 15) is 0 Å². The first kappa shape index (κ1) is 11.0. The van der Waals surface area contributed by atoms with E-state index in [2.05, 4.69) is 36.2 Å². The number of nitrogens with zero attached hydrogens (tertiary/aromatic N) is 3. The summed E-state index contributed by atoms with van der Waals surface area (Å²) in [5, 5.41) is 3.20. The molecule has 0 amide bonds. The number of aryl methyl sites for hydroxylation is 1. The standard InChI is InChI=1S/C11H11BrN4/c1-8-15-10(12)6-11(16-8)14-7-9-4-2-3-5-13-9/h2-6H,7H2,1H3,(H,14,15,16). The van der Waals surface area contributed by atoms with Crippen LogP contribution in [0, 0.1) is 6.92 Å². The van der Waals surface area contributed by atoms with Crippen LogP contribution in [0.1, 0.15) is 11.5 Å². The fourth-order valence-electron chi connectivity index (χ4n) is 1.31. The van der Waals surface area contributed by atoms with E-state index in [4.69, 9.17) is 0 Å². The summed E-state index contributed by atoms with van der Waals surface area (Å²) >= 11 is 3.33. The first-order valence-corrected chi connectivity index (χ1v) is 5.68. The summed E-state index contributed by atoms with van der Waals surface area (Å²) in [7, 11) is 0. The molecule has 1 N–H and O–H groups in total. The lowest BCUT2D eigenvalue weighted by Crippen LogP contribution is -2.04. The second-order valence-electron chi connectivity index (χ2n) is 3.30. The van der Waals surface area contributed by atoms with Crippen molar-refractivity contribution in [1.82, 2.24) is 15.0 Å². The Morgan fingerprint density at radius 2 is 2.19 bits per heavy atom. The minimum absolute atomic E-state index is 0.656. The van der Waals surface area contributed by atoms with Gasteiger partial charge in [-0.25, -0.2) is 9.97 Å². The topological polar surface area (TPSA) is 50.7 Å². The van der Waals surface area contributed by atoms with Crippen molar-refractivity contribution in [2.45, 2.75) is 13.5 Å². The number of hydrogen-bond donors (Lipinski definition) is 1. The quantitative estimate of drug-likeness (QED) is 0.877. The maximum absolute atomic E-state index is 4.27. The molecule has 2 aromatic rings. The van der Waals surface area contributed by atoms with Gasteiger partial charge in [0.05, 0.1) is 12.2 Å². The monoisotopic (exact) mass is 278 g/mol. The molecular weight excluding hydrogens is 268 g/mol. The lowest BCUT2D eigenvalue weighted by molar-refractivity contribution is 0.985. The Kier molecular flexibility index (Phi) is 3.46. The highest BCUT2D eigenvalue weighted by molar-refractivity contribution is 9.10. The Hall–Kier alpha value is -1.49. The van der Waals surface area contributed by atoms with Gasteiger partial charge >= 0.3 is 0 Å². The average molecular weight is 279 g/mol. The van der Waals surface area contributed by atoms with Crippen molar-refractivity contribution >= 4 is 21.7 Å². The van der Waals surface area contributed by atoms with Gasteiger partial charge in [-0.1, -0.05) is 6.07 Å². The van der Waals surface area contributed by atoms with Crippen LogP contribution in [0.2, 0.25) is 0 Å². The van der Waals surface area contributed by atoms with Crippen LogP contribution >= 0.6 is 15.9 Å². The Labute approximate surface area is 102 Å². The van der Waals surface area contributed by atoms with Crippen LogP contribution in [-0.2, 0) is 6.54 Å². The van der Waals surface area contributed by atoms with Gasteiger partial charge in [-0.15, -0.1) is 0 Å². The van der Waals surface area contributed by atoms with E-state index in [1.165, 1.54) is 0 Å². The van der Waals surface area contributed by atoms with Crippen molar-refractivity contribution in [2.75, 3.05) is 5.32 Å². The van der Waals surface area contributed by atoms with Crippen molar-refractivity contribution in [3.05, 3.63) is 46.6 Å². The minimum Gasteiger partial charge on any atom is -0.364 e. The summed E-state index contributed by atoms with van der Waals surface area (Å²) in [6, 6.07) is 7.67. The second-order valence-corrected chi connectivity index (χ2v) is 4.11. The molecule has 0 aliphatic carbocycles. The Morgan fingerprint density at radius 1 is 1.31 bits per heavy atom. The van der Waals surface area contributed by atoms with Gasteiger partial charge in [-0.2, -0.15) is 0 Å². The van der Waals surface area contributed by atoms with E-state index >= 15 is 0 Å². The third kappa shape index (κ3) is 3.00. The maximum Gasteiger partial charge on any atom is 0.131 e. The molecule has 0 unspecified atom stereocenters. The van der Waals surface area contributed by atoms with Gasteiger partial charge in [-0.05, 0) is 35.0 Å². The highest BCUT2D eigenvalue weighted by Gasteiger charge is 1.99. The average Bonchev–Trinajstić information content (AvgIpc) is 2.27. The van der Waals surface area contributed by atoms with Gasteiger partial charge in [0.25, 0.3) is 0 Å². The van der Waals surface area contributed by atoms with Crippen molar-refractivity contribution in [2.24, 2.45) is 0 Å². The van der Waals surface area contributed by atoms with E-state index in [0.717, 1.165) is 21.9 Å². The van der Waals surface area contributed by atoms with E-state index < -0.39 is 0 Å². The van der Waals surface area contributed by atoms with E-state index in [-0.39, 0.29) is 0 Å². The van der Waals surface area contributed by atoms with Gasteiger partial charge in [0.1, 0.15) is 16.2 Å². The third-order valence-corrected chi connectivity index (χ3v) is 2.39. The lowest BCUT2D eigenvalue weighted by atomic mass is 10.3. The predicted octanol–water partition coefficient (Wildman–Crippen LogP) is 2.55. The van der Waals surface area contributed by atoms with Gasteiger partial charge in [0, 0.05) is 12.3 Å². The minimum atomic E-state index is 0.656. The first-order valence-electron chi connectivity index (χ1n) is 4.89. The normalized spacial score (nSPS) is 10.1. The Balaban J connectivity index is 2.05. The fraction of sp³-hybridized carbons (Fsp3) is 0.182. The van der Waals surface area contributed by atoms with Crippen molar-refractivity contribution in [3.8, 4) is 0 Å². The molecule has 0 aliphatic rings.